The maximum absolute atomic E-state index is 13.2. The molecule has 4 aromatic rings. The molecule has 0 radical (unpaired) electrons. The van der Waals surface area contributed by atoms with E-state index in [2.05, 4.69) is 31.3 Å². The Hall–Kier alpha value is -3.20. The van der Waals surface area contributed by atoms with Gasteiger partial charge in [-0.15, -0.1) is 0 Å². The van der Waals surface area contributed by atoms with E-state index in [1.54, 1.807) is 23.2 Å². The Morgan fingerprint density at radius 1 is 1.28 bits per heavy atom. The van der Waals surface area contributed by atoms with Gasteiger partial charge < -0.3 is 14.6 Å². The van der Waals surface area contributed by atoms with E-state index in [0.717, 1.165) is 27.4 Å². The number of carbonyl (C=O) groups is 2. The van der Waals surface area contributed by atoms with E-state index in [0.29, 0.717) is 36.4 Å². The summed E-state index contributed by atoms with van der Waals surface area (Å²) in [6.45, 7) is 1.14. The number of rotatable bonds is 3. The molecular formula is C23H20BrN5O3. The zero-order chi connectivity index (χ0) is 22.0. The van der Waals surface area contributed by atoms with Gasteiger partial charge in [-0.05, 0) is 65.0 Å². The minimum atomic E-state index is -0.426. The predicted molar refractivity (Wildman–Crippen MR) is 122 cm³/mol. The van der Waals surface area contributed by atoms with Gasteiger partial charge in [-0.2, -0.15) is 5.10 Å². The monoisotopic (exact) mass is 493 g/mol. The lowest BCUT2D eigenvalue weighted by molar-refractivity contribution is -0.122. The van der Waals surface area contributed by atoms with Gasteiger partial charge in [-0.25, -0.2) is 4.98 Å². The zero-order valence-corrected chi connectivity index (χ0v) is 18.9. The maximum atomic E-state index is 13.2. The number of piperidine rings is 1. The number of likely N-dealkylation sites (tertiary alicyclic amines) is 1. The average Bonchev–Trinajstić information content (AvgIpc) is 3.22. The molecule has 1 N–H and O–H groups in total. The number of furan rings is 1. The van der Waals surface area contributed by atoms with Crippen LogP contribution in [-0.4, -0.2) is 44.6 Å². The van der Waals surface area contributed by atoms with Gasteiger partial charge in [0.1, 0.15) is 11.1 Å². The van der Waals surface area contributed by atoms with E-state index >= 15 is 0 Å². The number of pyridine rings is 1. The number of aryl methyl sites for hydroxylation is 1. The first-order valence-electron chi connectivity index (χ1n) is 10.5. The number of aromatic nitrogens is 3. The molecule has 162 valence electrons. The molecule has 6 rings (SSSR count). The topological polar surface area (TPSA) is 93.3 Å². The van der Waals surface area contributed by atoms with E-state index < -0.39 is 5.41 Å². The number of carbonyl (C=O) groups excluding carboxylic acids is 2. The number of fused-ring (bicyclic) bond motifs is 3. The summed E-state index contributed by atoms with van der Waals surface area (Å²) in [6.07, 6.45) is 4.75. The number of anilines is 1. The van der Waals surface area contributed by atoms with Gasteiger partial charge >= 0.3 is 0 Å². The summed E-state index contributed by atoms with van der Waals surface area (Å²) in [5.41, 5.74) is 2.50. The number of nitrogens with zero attached hydrogens (tertiary/aromatic N) is 4. The van der Waals surface area contributed by atoms with Crippen LogP contribution in [0.2, 0.25) is 0 Å². The molecule has 0 bridgehead atoms. The van der Waals surface area contributed by atoms with Crippen LogP contribution in [0.1, 0.15) is 23.2 Å². The minimum absolute atomic E-state index is 0.000458. The lowest BCUT2D eigenvalue weighted by Gasteiger charge is -2.31. The largest absolute Gasteiger partial charge is 0.464 e. The van der Waals surface area contributed by atoms with Crippen molar-refractivity contribution in [3.8, 4) is 0 Å². The molecule has 3 aromatic heterocycles. The van der Waals surface area contributed by atoms with Crippen LogP contribution in [0.4, 0.5) is 5.82 Å². The first-order chi connectivity index (χ1) is 15.4. The van der Waals surface area contributed by atoms with Crippen LogP contribution in [0.25, 0.3) is 22.0 Å². The fourth-order valence-corrected chi connectivity index (χ4v) is 5.22. The number of amides is 2. The van der Waals surface area contributed by atoms with Crippen molar-refractivity contribution in [2.45, 2.75) is 12.8 Å². The van der Waals surface area contributed by atoms with Crippen LogP contribution in [0.15, 0.2) is 51.7 Å². The number of hydrogen-bond acceptors (Lipinski definition) is 5. The highest BCUT2D eigenvalue weighted by molar-refractivity contribution is 9.10. The highest BCUT2D eigenvalue weighted by Gasteiger charge is 2.62. The predicted octanol–water partition coefficient (Wildman–Crippen LogP) is 3.97. The summed E-state index contributed by atoms with van der Waals surface area (Å²) in [6, 6.07) is 9.26. The van der Waals surface area contributed by atoms with Crippen LogP contribution in [0, 0.1) is 11.3 Å². The quantitative estimate of drug-likeness (QED) is 0.466. The summed E-state index contributed by atoms with van der Waals surface area (Å²) in [7, 11) is 1.83. The van der Waals surface area contributed by atoms with Crippen molar-refractivity contribution in [3.63, 3.8) is 0 Å². The summed E-state index contributed by atoms with van der Waals surface area (Å²) < 4.78 is 7.93. The zero-order valence-electron chi connectivity index (χ0n) is 17.3. The summed E-state index contributed by atoms with van der Waals surface area (Å²) in [5, 5.41) is 8.37. The molecule has 2 fully saturated rings. The van der Waals surface area contributed by atoms with Crippen LogP contribution in [-0.2, 0) is 11.8 Å². The normalized spacial score (nSPS) is 22.2. The second-order valence-corrected chi connectivity index (χ2v) is 9.59. The van der Waals surface area contributed by atoms with Crippen molar-refractivity contribution in [3.05, 3.63) is 52.8 Å². The number of nitrogens with one attached hydrogen (secondary N) is 1. The van der Waals surface area contributed by atoms with Gasteiger partial charge in [0, 0.05) is 41.8 Å². The highest BCUT2D eigenvalue weighted by atomic mass is 79.9. The Morgan fingerprint density at radius 2 is 2.16 bits per heavy atom. The molecular weight excluding hydrogens is 474 g/mol. The van der Waals surface area contributed by atoms with Gasteiger partial charge in [0.25, 0.3) is 5.91 Å². The minimum Gasteiger partial charge on any atom is -0.464 e. The average molecular weight is 494 g/mol. The van der Waals surface area contributed by atoms with Gasteiger partial charge in [0.05, 0.1) is 17.2 Å². The molecule has 1 saturated carbocycles. The molecule has 32 heavy (non-hydrogen) atoms. The van der Waals surface area contributed by atoms with E-state index in [4.69, 9.17) is 4.42 Å². The third-order valence-corrected chi connectivity index (χ3v) is 7.26. The lowest BCUT2D eigenvalue weighted by atomic mass is 9.93. The van der Waals surface area contributed by atoms with Crippen molar-refractivity contribution in [2.75, 3.05) is 18.4 Å². The van der Waals surface area contributed by atoms with E-state index in [9.17, 15) is 9.59 Å². The third kappa shape index (κ3) is 2.95. The summed E-state index contributed by atoms with van der Waals surface area (Å²) >= 11 is 3.42. The van der Waals surface area contributed by atoms with E-state index in [-0.39, 0.29) is 17.7 Å². The molecule has 0 spiro atoms. The van der Waals surface area contributed by atoms with Crippen molar-refractivity contribution in [1.29, 1.82) is 0 Å². The SMILES string of the molecule is Cn1nc(NC(=O)C23CCN(C(=O)c4ccc5occc5c4)CC2C3)c2ncc(Br)cc21. The standard InChI is InChI=1S/C23H20BrN5O3/c1-28-17-9-16(24)11-25-19(17)20(27-28)26-22(31)23-5-6-29(12-15(23)10-23)21(30)14-2-3-18-13(8-14)4-7-32-18/h2-4,7-9,11,15H,5-6,10,12H2,1H3,(H,26,27,31). The fraction of sp³-hybridized carbons (Fsp3) is 0.304. The third-order valence-electron chi connectivity index (χ3n) is 6.83. The second-order valence-electron chi connectivity index (χ2n) is 8.68. The molecule has 2 unspecified atom stereocenters. The van der Waals surface area contributed by atoms with Crippen molar-refractivity contribution in [2.24, 2.45) is 18.4 Å². The molecule has 1 saturated heterocycles. The van der Waals surface area contributed by atoms with E-state index in [1.807, 2.05) is 36.2 Å². The Balaban J connectivity index is 1.17. The van der Waals surface area contributed by atoms with Gasteiger partial charge in [-0.1, -0.05) is 0 Å². The van der Waals surface area contributed by atoms with Gasteiger partial charge in [-0.3, -0.25) is 14.3 Å². The molecule has 2 atom stereocenters. The smallest absolute Gasteiger partial charge is 0.253 e. The van der Waals surface area contributed by atoms with Crippen molar-refractivity contribution < 1.29 is 14.0 Å². The Morgan fingerprint density at radius 3 is 3.00 bits per heavy atom. The fourth-order valence-electron chi connectivity index (χ4n) is 4.90. The molecule has 8 nitrogen and oxygen atoms in total. The first-order valence-corrected chi connectivity index (χ1v) is 11.3. The maximum Gasteiger partial charge on any atom is 0.253 e. The Bertz CT molecular complexity index is 1410. The van der Waals surface area contributed by atoms with Crippen LogP contribution in [0.3, 0.4) is 0 Å². The highest BCUT2D eigenvalue weighted by Crippen LogP contribution is 2.58. The van der Waals surface area contributed by atoms with Crippen LogP contribution in [0.5, 0.6) is 0 Å². The molecule has 1 aliphatic carbocycles. The lowest BCUT2D eigenvalue weighted by Crippen LogP contribution is -2.42. The molecule has 9 heteroatoms. The van der Waals surface area contributed by atoms with Gasteiger partial charge in [0.2, 0.25) is 5.91 Å². The van der Waals surface area contributed by atoms with Crippen LogP contribution < -0.4 is 5.32 Å². The first kappa shape index (κ1) is 19.5. The number of hydrogen-bond donors (Lipinski definition) is 1. The molecule has 1 aliphatic heterocycles. The van der Waals surface area contributed by atoms with Gasteiger partial charge in [0.15, 0.2) is 5.82 Å². The molecule has 4 heterocycles. The van der Waals surface area contributed by atoms with Crippen molar-refractivity contribution >= 4 is 55.6 Å². The molecule has 1 aromatic carbocycles. The number of halogens is 1. The molecule has 2 amide bonds. The van der Waals surface area contributed by atoms with Crippen LogP contribution >= 0.6 is 15.9 Å². The summed E-state index contributed by atoms with van der Waals surface area (Å²) in [4.78, 5) is 32.5. The number of benzene rings is 1. The van der Waals surface area contributed by atoms with E-state index in [1.165, 1.54) is 0 Å². The Labute approximate surface area is 191 Å². The van der Waals surface area contributed by atoms with Crippen molar-refractivity contribution in [1.82, 2.24) is 19.7 Å². The second kappa shape index (κ2) is 6.90. The molecule has 2 aliphatic rings. The Kier molecular flexibility index (Phi) is 4.20. The summed E-state index contributed by atoms with van der Waals surface area (Å²) in [5.74, 6) is 0.612.